The Morgan fingerprint density at radius 1 is 1.35 bits per heavy atom. The van der Waals surface area contributed by atoms with Gasteiger partial charge in [-0.15, -0.1) is 11.6 Å². The number of carbonyl (C=O) groups excluding carboxylic acids is 1. The van der Waals surface area contributed by atoms with Gasteiger partial charge < -0.3 is 15.4 Å². The Balaban J connectivity index is 2.11. The third kappa shape index (κ3) is 4.04. The molecule has 2 N–H and O–H groups in total. The summed E-state index contributed by atoms with van der Waals surface area (Å²) in [6.45, 7) is 0. The molecule has 0 saturated heterocycles. The van der Waals surface area contributed by atoms with Gasteiger partial charge in [-0.25, -0.2) is 0 Å². The maximum absolute atomic E-state index is 11.3. The smallest absolute Gasteiger partial charge is 0.239 e. The van der Waals surface area contributed by atoms with Crippen LogP contribution >= 0.6 is 11.6 Å². The molecule has 0 aliphatic heterocycles. The lowest BCUT2D eigenvalue weighted by atomic mass is 9.95. The molecule has 1 aliphatic carbocycles. The van der Waals surface area contributed by atoms with Crippen LogP contribution < -0.4 is 15.4 Å². The van der Waals surface area contributed by atoms with Gasteiger partial charge in [0.2, 0.25) is 5.91 Å². The summed E-state index contributed by atoms with van der Waals surface area (Å²) < 4.78 is 5.37. The summed E-state index contributed by atoms with van der Waals surface area (Å²) in [5.74, 6) is 0.539. The lowest BCUT2D eigenvalue weighted by Gasteiger charge is -2.25. The van der Waals surface area contributed by atoms with Crippen molar-refractivity contribution in [3.8, 4) is 5.75 Å². The molecule has 5 heteroatoms. The molecule has 0 aromatic heterocycles. The van der Waals surface area contributed by atoms with E-state index in [0.29, 0.717) is 6.04 Å². The molecule has 0 unspecified atom stereocenters. The molecule has 1 aromatic carbocycles. The summed E-state index contributed by atoms with van der Waals surface area (Å²) in [5, 5.41) is 6.28. The van der Waals surface area contributed by atoms with Crippen LogP contribution in [0, 0.1) is 0 Å². The molecule has 0 atom stereocenters. The lowest BCUT2D eigenvalue weighted by Crippen LogP contribution is -2.22. The maximum atomic E-state index is 11.3. The van der Waals surface area contributed by atoms with Gasteiger partial charge in [0.15, 0.2) is 0 Å². The van der Waals surface area contributed by atoms with Crippen LogP contribution in [-0.2, 0) is 4.79 Å². The first-order valence-electron chi connectivity index (χ1n) is 7.03. The van der Waals surface area contributed by atoms with Crippen LogP contribution in [0.2, 0.25) is 0 Å². The van der Waals surface area contributed by atoms with E-state index in [1.165, 1.54) is 32.1 Å². The number of benzene rings is 1. The normalized spacial score (nSPS) is 15.7. The fourth-order valence-corrected chi connectivity index (χ4v) is 2.63. The quantitative estimate of drug-likeness (QED) is 0.816. The van der Waals surface area contributed by atoms with Crippen molar-refractivity contribution in [2.45, 2.75) is 38.1 Å². The van der Waals surface area contributed by atoms with Crippen molar-refractivity contribution in [1.82, 2.24) is 0 Å². The second kappa shape index (κ2) is 7.39. The molecule has 1 aliphatic rings. The molecule has 0 heterocycles. The molecular weight excluding hydrogens is 276 g/mol. The van der Waals surface area contributed by atoms with Gasteiger partial charge in [-0.2, -0.15) is 0 Å². The first-order valence-corrected chi connectivity index (χ1v) is 7.57. The molecule has 1 amide bonds. The van der Waals surface area contributed by atoms with Crippen molar-refractivity contribution in [2.75, 3.05) is 23.6 Å². The van der Waals surface area contributed by atoms with Crippen molar-refractivity contribution < 1.29 is 9.53 Å². The number of hydrogen-bond acceptors (Lipinski definition) is 3. The number of nitrogens with one attached hydrogen (secondary N) is 2. The Labute approximate surface area is 124 Å². The van der Waals surface area contributed by atoms with Crippen LogP contribution in [0.15, 0.2) is 18.2 Å². The minimum atomic E-state index is -0.208. The number of methoxy groups -OCH3 is 1. The summed E-state index contributed by atoms with van der Waals surface area (Å²) in [6, 6.07) is 6.05. The van der Waals surface area contributed by atoms with E-state index in [1.54, 1.807) is 7.11 Å². The average molecular weight is 297 g/mol. The number of halogens is 1. The standard InChI is InChI=1S/C15H21ClN2O2/c1-20-14-8-7-12(18-15(19)10-16)9-13(14)17-11-5-3-2-4-6-11/h7-9,11,17H,2-6,10H2,1H3,(H,18,19). The SMILES string of the molecule is COc1ccc(NC(=O)CCl)cc1NC1CCCCC1. The van der Waals surface area contributed by atoms with Crippen molar-refractivity contribution >= 4 is 28.9 Å². The summed E-state index contributed by atoms with van der Waals surface area (Å²) in [6.07, 6.45) is 6.22. The average Bonchev–Trinajstić information content (AvgIpc) is 2.48. The minimum absolute atomic E-state index is 0.0442. The van der Waals surface area contributed by atoms with E-state index in [0.717, 1.165) is 17.1 Å². The molecule has 0 radical (unpaired) electrons. The zero-order chi connectivity index (χ0) is 14.4. The highest BCUT2D eigenvalue weighted by Crippen LogP contribution is 2.31. The number of rotatable bonds is 5. The van der Waals surface area contributed by atoms with Crippen LogP contribution in [0.3, 0.4) is 0 Å². The predicted molar refractivity (Wildman–Crippen MR) is 82.8 cm³/mol. The molecule has 2 rings (SSSR count). The monoisotopic (exact) mass is 296 g/mol. The van der Waals surface area contributed by atoms with Gasteiger partial charge in [-0.3, -0.25) is 4.79 Å². The van der Waals surface area contributed by atoms with E-state index < -0.39 is 0 Å². The number of alkyl halides is 1. The Kier molecular flexibility index (Phi) is 5.53. The van der Waals surface area contributed by atoms with Crippen molar-refractivity contribution in [2.24, 2.45) is 0 Å². The number of anilines is 2. The van der Waals surface area contributed by atoms with Crippen molar-refractivity contribution in [3.63, 3.8) is 0 Å². The molecular formula is C15H21ClN2O2. The number of ether oxygens (including phenoxy) is 1. The Morgan fingerprint density at radius 3 is 2.75 bits per heavy atom. The topological polar surface area (TPSA) is 50.4 Å². The second-order valence-corrected chi connectivity index (χ2v) is 5.34. The van der Waals surface area contributed by atoms with Crippen molar-refractivity contribution in [3.05, 3.63) is 18.2 Å². The second-order valence-electron chi connectivity index (χ2n) is 5.08. The fourth-order valence-electron chi connectivity index (χ4n) is 2.56. The van der Waals surface area contributed by atoms with Crippen LogP contribution in [-0.4, -0.2) is 24.9 Å². The molecule has 1 aromatic rings. The molecule has 0 spiro atoms. The first-order chi connectivity index (χ1) is 9.72. The Morgan fingerprint density at radius 2 is 2.10 bits per heavy atom. The largest absolute Gasteiger partial charge is 0.495 e. The molecule has 4 nitrogen and oxygen atoms in total. The third-order valence-electron chi connectivity index (χ3n) is 3.57. The van der Waals surface area contributed by atoms with Gasteiger partial charge in [0, 0.05) is 11.7 Å². The number of hydrogen-bond donors (Lipinski definition) is 2. The molecule has 0 bridgehead atoms. The van der Waals surface area contributed by atoms with E-state index >= 15 is 0 Å². The first kappa shape index (κ1) is 15.0. The summed E-state index contributed by atoms with van der Waals surface area (Å²) in [4.78, 5) is 11.3. The van der Waals surface area contributed by atoms with E-state index in [9.17, 15) is 4.79 Å². The maximum Gasteiger partial charge on any atom is 0.239 e. The Bertz CT molecular complexity index is 459. The van der Waals surface area contributed by atoms with E-state index in [4.69, 9.17) is 16.3 Å². The van der Waals surface area contributed by atoms with Crippen LogP contribution in [0.5, 0.6) is 5.75 Å². The molecule has 20 heavy (non-hydrogen) atoms. The van der Waals surface area contributed by atoms with Gasteiger partial charge >= 0.3 is 0 Å². The summed E-state index contributed by atoms with van der Waals surface area (Å²) >= 11 is 5.50. The lowest BCUT2D eigenvalue weighted by molar-refractivity contribution is -0.113. The highest BCUT2D eigenvalue weighted by molar-refractivity contribution is 6.29. The van der Waals surface area contributed by atoms with Crippen molar-refractivity contribution in [1.29, 1.82) is 0 Å². The van der Waals surface area contributed by atoms with Gasteiger partial charge in [0.1, 0.15) is 11.6 Å². The number of carbonyl (C=O) groups is 1. The van der Waals surface area contributed by atoms with E-state index in [2.05, 4.69) is 10.6 Å². The van der Waals surface area contributed by atoms with E-state index in [1.807, 2.05) is 18.2 Å². The highest BCUT2D eigenvalue weighted by Gasteiger charge is 2.15. The predicted octanol–water partition coefficient (Wildman–Crippen LogP) is 3.62. The molecule has 1 fully saturated rings. The third-order valence-corrected chi connectivity index (χ3v) is 3.81. The van der Waals surface area contributed by atoms with E-state index in [-0.39, 0.29) is 11.8 Å². The van der Waals surface area contributed by atoms with Crippen LogP contribution in [0.4, 0.5) is 11.4 Å². The van der Waals surface area contributed by atoms with Crippen LogP contribution in [0.25, 0.3) is 0 Å². The summed E-state index contributed by atoms with van der Waals surface area (Å²) in [7, 11) is 1.65. The summed E-state index contributed by atoms with van der Waals surface area (Å²) in [5.41, 5.74) is 1.65. The van der Waals surface area contributed by atoms with Crippen LogP contribution in [0.1, 0.15) is 32.1 Å². The zero-order valence-electron chi connectivity index (χ0n) is 11.7. The highest BCUT2D eigenvalue weighted by atomic mass is 35.5. The van der Waals surface area contributed by atoms with Gasteiger partial charge in [0.25, 0.3) is 0 Å². The number of amides is 1. The van der Waals surface area contributed by atoms with Gasteiger partial charge in [-0.1, -0.05) is 19.3 Å². The minimum Gasteiger partial charge on any atom is -0.495 e. The zero-order valence-corrected chi connectivity index (χ0v) is 12.5. The Hall–Kier alpha value is -1.42. The molecule has 110 valence electrons. The van der Waals surface area contributed by atoms with Gasteiger partial charge in [-0.05, 0) is 31.0 Å². The van der Waals surface area contributed by atoms with Gasteiger partial charge in [0.05, 0.1) is 12.8 Å². The fraction of sp³-hybridized carbons (Fsp3) is 0.533. The molecule has 1 saturated carbocycles.